The first kappa shape index (κ1) is 25.9. The van der Waals surface area contributed by atoms with Crippen LogP contribution in [0.4, 0.5) is 5.95 Å². The third-order valence-corrected chi connectivity index (χ3v) is 8.94. The van der Waals surface area contributed by atoms with E-state index in [-0.39, 0.29) is 12.5 Å². The number of aliphatic hydroxyl groups excluding tert-OH is 1. The average molecular weight is 538 g/mol. The van der Waals surface area contributed by atoms with Crippen LogP contribution >= 0.6 is 22.9 Å². The minimum Gasteiger partial charge on any atom is -0.395 e. The summed E-state index contributed by atoms with van der Waals surface area (Å²) in [4.78, 5) is 14.7. The highest BCUT2D eigenvalue weighted by atomic mass is 35.5. The van der Waals surface area contributed by atoms with Gasteiger partial charge in [0.2, 0.25) is 16.0 Å². The van der Waals surface area contributed by atoms with Crippen molar-refractivity contribution in [2.45, 2.75) is 37.4 Å². The van der Waals surface area contributed by atoms with Gasteiger partial charge in [-0.1, -0.05) is 36.7 Å². The van der Waals surface area contributed by atoms with E-state index in [0.29, 0.717) is 59.7 Å². The monoisotopic (exact) mass is 537 g/mol. The van der Waals surface area contributed by atoms with Crippen LogP contribution in [0.25, 0.3) is 21.8 Å². The first-order valence-electron chi connectivity index (χ1n) is 11.4. The molecule has 35 heavy (non-hydrogen) atoms. The van der Waals surface area contributed by atoms with E-state index < -0.39 is 15.3 Å². The lowest BCUT2D eigenvalue weighted by atomic mass is 10.0. The second kappa shape index (κ2) is 11.3. The Labute approximate surface area is 213 Å². The topological polar surface area (TPSA) is 140 Å². The Hall–Kier alpha value is -2.15. The molecule has 4 N–H and O–H groups in total. The number of hydrogen-bond donors (Lipinski definition) is 3. The van der Waals surface area contributed by atoms with Gasteiger partial charge in [0.05, 0.1) is 32.9 Å². The number of nitrogens with one attached hydrogen (secondary N) is 1. The summed E-state index contributed by atoms with van der Waals surface area (Å²) in [7, 11) is -3.84. The van der Waals surface area contributed by atoms with Crippen molar-refractivity contribution >= 4 is 38.9 Å². The summed E-state index contributed by atoms with van der Waals surface area (Å²) >= 11 is 8.37. The van der Waals surface area contributed by atoms with E-state index >= 15 is 0 Å². The molecular weight excluding hydrogens is 510 g/mol. The van der Waals surface area contributed by atoms with Crippen LogP contribution in [0.1, 0.15) is 47.9 Å². The normalized spacial score (nSPS) is 15.8. The van der Waals surface area contributed by atoms with Crippen molar-refractivity contribution in [3.05, 3.63) is 46.1 Å². The Bertz CT molecular complexity index is 1280. The van der Waals surface area contributed by atoms with Gasteiger partial charge < -0.3 is 15.2 Å². The molecule has 0 radical (unpaired) electrons. The van der Waals surface area contributed by atoms with Crippen molar-refractivity contribution < 1.29 is 18.3 Å². The maximum Gasteiger partial charge on any atom is 0.223 e. The van der Waals surface area contributed by atoms with Crippen LogP contribution < -0.4 is 10.5 Å². The number of hydrogen-bond acceptors (Lipinski definition) is 9. The minimum atomic E-state index is -3.84. The van der Waals surface area contributed by atoms with E-state index in [1.807, 2.05) is 6.07 Å². The number of aromatic nitrogens is 3. The van der Waals surface area contributed by atoms with Crippen molar-refractivity contribution in [2.24, 2.45) is 5.14 Å². The molecule has 0 bridgehead atoms. The van der Waals surface area contributed by atoms with E-state index in [2.05, 4.69) is 15.3 Å². The van der Waals surface area contributed by atoms with Crippen molar-refractivity contribution in [1.82, 2.24) is 15.0 Å². The van der Waals surface area contributed by atoms with Gasteiger partial charge in [-0.3, -0.25) is 0 Å². The second-order valence-corrected chi connectivity index (χ2v) is 11.4. The van der Waals surface area contributed by atoms with E-state index in [4.69, 9.17) is 31.6 Å². The number of benzene rings is 1. The van der Waals surface area contributed by atoms with Gasteiger partial charge in [0.15, 0.2) is 0 Å². The number of rotatable bonds is 9. The fraction of sp³-hybridized carbons (Fsp3) is 0.435. The van der Waals surface area contributed by atoms with Gasteiger partial charge >= 0.3 is 0 Å². The first-order valence-corrected chi connectivity index (χ1v) is 14.2. The molecule has 1 atom stereocenters. The molecule has 1 aliphatic heterocycles. The van der Waals surface area contributed by atoms with Crippen LogP contribution in [-0.4, -0.2) is 54.8 Å². The molecule has 1 saturated heterocycles. The summed E-state index contributed by atoms with van der Waals surface area (Å²) in [6.07, 6.45) is 3.68. The summed E-state index contributed by atoms with van der Waals surface area (Å²) in [6, 6.07) is 7.10. The van der Waals surface area contributed by atoms with Crippen LogP contribution in [-0.2, 0) is 14.8 Å². The van der Waals surface area contributed by atoms with Crippen molar-refractivity contribution in [3.8, 4) is 21.8 Å². The standard InChI is InChI=1S/C23H28ClN5O4S2/c1-2-18(35(25,31)32)15-4-3-5-16(19(15)24)20-21(17-6-9-26-23(28-17)27-10-11-30)34-22(29-20)14-7-12-33-13-8-14/h3-6,9,14,18,30H,2,7-8,10-13H2,1H3,(H2,25,31,32)(H,26,27,28). The van der Waals surface area contributed by atoms with Crippen LogP contribution in [0.15, 0.2) is 30.5 Å². The maximum atomic E-state index is 12.2. The molecule has 3 heterocycles. The van der Waals surface area contributed by atoms with E-state index in [1.54, 1.807) is 42.7 Å². The fourth-order valence-corrected chi connectivity index (χ4v) is 6.81. The number of nitrogens with zero attached hydrogens (tertiary/aromatic N) is 3. The van der Waals surface area contributed by atoms with Gasteiger partial charge in [-0.25, -0.2) is 28.5 Å². The van der Waals surface area contributed by atoms with Crippen LogP contribution in [0, 0.1) is 0 Å². The highest BCUT2D eigenvalue weighted by Crippen LogP contribution is 2.44. The molecule has 0 amide bonds. The maximum absolute atomic E-state index is 12.2. The lowest BCUT2D eigenvalue weighted by molar-refractivity contribution is 0.0853. The summed E-state index contributed by atoms with van der Waals surface area (Å²) in [5.41, 5.74) is 2.37. The molecule has 1 unspecified atom stereocenters. The summed E-state index contributed by atoms with van der Waals surface area (Å²) in [5, 5.41) is 18.0. The van der Waals surface area contributed by atoms with Crippen molar-refractivity contribution in [3.63, 3.8) is 0 Å². The third kappa shape index (κ3) is 5.82. The molecule has 0 saturated carbocycles. The number of thiazole rings is 1. The predicted molar refractivity (Wildman–Crippen MR) is 138 cm³/mol. The van der Waals surface area contributed by atoms with E-state index in [0.717, 1.165) is 22.7 Å². The third-order valence-electron chi connectivity index (χ3n) is 5.90. The molecule has 1 aliphatic rings. The Morgan fingerprint density at radius 1 is 1.29 bits per heavy atom. The first-order chi connectivity index (χ1) is 16.8. The molecule has 1 aromatic carbocycles. The molecular formula is C23H28ClN5O4S2. The van der Waals surface area contributed by atoms with Crippen LogP contribution in [0.3, 0.4) is 0 Å². The molecule has 2 aromatic heterocycles. The second-order valence-electron chi connectivity index (χ2n) is 8.23. The largest absolute Gasteiger partial charge is 0.395 e. The Morgan fingerprint density at radius 2 is 2.06 bits per heavy atom. The zero-order chi connectivity index (χ0) is 25.0. The van der Waals surface area contributed by atoms with E-state index in [9.17, 15) is 8.42 Å². The molecule has 3 aromatic rings. The molecule has 0 aliphatic carbocycles. The Kier molecular flexibility index (Phi) is 8.35. The molecule has 9 nitrogen and oxygen atoms in total. The van der Waals surface area contributed by atoms with Gasteiger partial charge in [-0.05, 0) is 30.9 Å². The Balaban J connectivity index is 1.86. The molecule has 4 rings (SSSR count). The smallest absolute Gasteiger partial charge is 0.223 e. The number of sulfonamides is 1. The van der Waals surface area contributed by atoms with Gasteiger partial charge in [0.1, 0.15) is 5.25 Å². The highest BCUT2D eigenvalue weighted by molar-refractivity contribution is 7.89. The highest BCUT2D eigenvalue weighted by Gasteiger charge is 2.28. The molecule has 1 fully saturated rings. The van der Waals surface area contributed by atoms with Gasteiger partial charge in [0, 0.05) is 37.4 Å². The average Bonchev–Trinajstić information content (AvgIpc) is 3.29. The van der Waals surface area contributed by atoms with Crippen molar-refractivity contribution in [2.75, 3.05) is 31.7 Å². The molecule has 12 heteroatoms. The fourth-order valence-electron chi connectivity index (χ4n) is 4.16. The Morgan fingerprint density at radius 3 is 2.74 bits per heavy atom. The van der Waals surface area contributed by atoms with Crippen LogP contribution in [0.2, 0.25) is 5.02 Å². The van der Waals surface area contributed by atoms with Gasteiger partial charge in [-0.2, -0.15) is 0 Å². The SMILES string of the molecule is CCC(c1cccc(-c2nc(C3CCOCC3)sc2-c2ccnc(NCCO)n2)c1Cl)S(N)(=O)=O. The number of primary sulfonamides is 1. The zero-order valence-electron chi connectivity index (χ0n) is 19.3. The van der Waals surface area contributed by atoms with E-state index in [1.165, 1.54) is 0 Å². The summed E-state index contributed by atoms with van der Waals surface area (Å²) < 4.78 is 30.0. The van der Waals surface area contributed by atoms with Crippen LogP contribution in [0.5, 0.6) is 0 Å². The lowest BCUT2D eigenvalue weighted by Gasteiger charge is -2.19. The summed E-state index contributed by atoms with van der Waals surface area (Å²) in [6.45, 7) is 3.41. The zero-order valence-corrected chi connectivity index (χ0v) is 21.7. The van der Waals surface area contributed by atoms with Gasteiger partial charge in [0.25, 0.3) is 0 Å². The summed E-state index contributed by atoms with van der Waals surface area (Å²) in [5.74, 6) is 0.647. The number of aliphatic hydroxyl groups is 1. The number of nitrogens with two attached hydrogens (primary N) is 1. The number of ether oxygens (including phenoxy) is 1. The number of halogens is 1. The molecule has 0 spiro atoms. The molecule has 188 valence electrons. The minimum absolute atomic E-state index is 0.0433. The number of anilines is 1. The van der Waals surface area contributed by atoms with Gasteiger partial charge in [-0.15, -0.1) is 11.3 Å². The quantitative estimate of drug-likeness (QED) is 0.372. The van der Waals surface area contributed by atoms with Crippen molar-refractivity contribution in [1.29, 1.82) is 0 Å². The predicted octanol–water partition coefficient (Wildman–Crippen LogP) is 3.96. The lowest BCUT2D eigenvalue weighted by Crippen LogP contribution is -2.21.